The topological polar surface area (TPSA) is 61.0 Å². The highest BCUT2D eigenvalue weighted by Gasteiger charge is 2.02. The number of nitrogens with two attached hydrogens (primary N) is 1. The monoisotopic (exact) mass is 251 g/mol. The molecular formula is C15H13N3O. The van der Waals surface area contributed by atoms with Gasteiger partial charge < -0.3 is 10.5 Å². The molecule has 3 aromatic rings. The van der Waals surface area contributed by atoms with Crippen molar-refractivity contribution in [1.82, 2.24) is 9.97 Å². The molecule has 1 heterocycles. The molecule has 4 nitrogen and oxygen atoms in total. The number of para-hydroxylation sites is 1. The van der Waals surface area contributed by atoms with Gasteiger partial charge in [-0.25, -0.2) is 4.98 Å². The van der Waals surface area contributed by atoms with Crippen molar-refractivity contribution in [3.8, 4) is 11.8 Å². The molecule has 1 aromatic heterocycles. The highest BCUT2D eigenvalue weighted by molar-refractivity contribution is 5.77. The Morgan fingerprint density at radius 2 is 1.79 bits per heavy atom. The molecule has 0 unspecified atom stereocenters. The van der Waals surface area contributed by atoms with E-state index in [4.69, 9.17) is 10.5 Å². The lowest BCUT2D eigenvalue weighted by molar-refractivity contribution is 0.444. The van der Waals surface area contributed by atoms with Crippen LogP contribution in [0.4, 0.5) is 0 Å². The first-order valence-corrected chi connectivity index (χ1v) is 6.04. The van der Waals surface area contributed by atoms with Gasteiger partial charge in [0, 0.05) is 18.1 Å². The number of hydrogen-bond donors (Lipinski definition) is 1. The summed E-state index contributed by atoms with van der Waals surface area (Å²) in [6.45, 7) is 0.521. The average Bonchev–Trinajstić information content (AvgIpc) is 2.48. The molecular weight excluding hydrogens is 238 g/mol. The van der Waals surface area contributed by atoms with Crippen molar-refractivity contribution in [3.05, 3.63) is 60.3 Å². The predicted octanol–water partition coefficient (Wildman–Crippen LogP) is 2.88. The van der Waals surface area contributed by atoms with Crippen molar-refractivity contribution in [2.75, 3.05) is 0 Å². The Kier molecular flexibility index (Phi) is 3.08. The molecule has 0 amide bonds. The van der Waals surface area contributed by atoms with Crippen LogP contribution in [0, 0.1) is 0 Å². The van der Waals surface area contributed by atoms with E-state index in [0.29, 0.717) is 18.3 Å². The predicted molar refractivity (Wildman–Crippen MR) is 73.9 cm³/mol. The highest BCUT2D eigenvalue weighted by atomic mass is 16.5. The van der Waals surface area contributed by atoms with E-state index >= 15 is 0 Å². The molecule has 0 aliphatic carbocycles. The number of hydrogen-bond acceptors (Lipinski definition) is 4. The Morgan fingerprint density at radius 3 is 2.58 bits per heavy atom. The summed E-state index contributed by atoms with van der Waals surface area (Å²) in [5.41, 5.74) is 7.48. The van der Waals surface area contributed by atoms with E-state index in [9.17, 15) is 0 Å². The van der Waals surface area contributed by atoms with Gasteiger partial charge in [0.15, 0.2) is 0 Å². The molecule has 2 aromatic carbocycles. The zero-order valence-corrected chi connectivity index (χ0v) is 10.3. The minimum Gasteiger partial charge on any atom is -0.424 e. The van der Waals surface area contributed by atoms with Crippen molar-refractivity contribution < 1.29 is 4.74 Å². The van der Waals surface area contributed by atoms with Gasteiger partial charge in [-0.15, -0.1) is 0 Å². The summed E-state index contributed by atoms with van der Waals surface area (Å²) < 4.78 is 5.62. The van der Waals surface area contributed by atoms with E-state index < -0.39 is 0 Å². The fourth-order valence-corrected chi connectivity index (χ4v) is 1.80. The van der Waals surface area contributed by atoms with E-state index in [-0.39, 0.29) is 0 Å². The molecule has 3 rings (SSSR count). The molecule has 4 heteroatoms. The van der Waals surface area contributed by atoms with Crippen LogP contribution in [0.2, 0.25) is 0 Å². The van der Waals surface area contributed by atoms with Crippen molar-refractivity contribution in [2.24, 2.45) is 5.73 Å². The molecule has 0 atom stereocenters. The van der Waals surface area contributed by atoms with Gasteiger partial charge in [0.05, 0.1) is 5.52 Å². The normalized spacial score (nSPS) is 10.6. The lowest BCUT2D eigenvalue weighted by Gasteiger charge is -2.05. The minimum absolute atomic E-state index is 0.346. The van der Waals surface area contributed by atoms with Crippen LogP contribution in [-0.4, -0.2) is 9.97 Å². The first kappa shape index (κ1) is 11.6. The Hall–Kier alpha value is -2.46. The van der Waals surface area contributed by atoms with Crippen molar-refractivity contribution >= 4 is 10.9 Å². The summed E-state index contributed by atoms with van der Waals surface area (Å²) in [5, 5.41) is 0.994. The van der Waals surface area contributed by atoms with Crippen LogP contribution < -0.4 is 10.5 Å². The number of rotatable bonds is 3. The standard InChI is InChI=1S/C15H13N3O/c16-9-11-5-7-13(8-6-11)19-15-17-10-12-3-1-2-4-14(12)18-15/h1-8,10H,9,16H2. The van der Waals surface area contributed by atoms with Crippen LogP contribution in [0.1, 0.15) is 5.56 Å². The van der Waals surface area contributed by atoms with Crippen LogP contribution in [0.5, 0.6) is 11.8 Å². The highest BCUT2D eigenvalue weighted by Crippen LogP contribution is 2.20. The maximum Gasteiger partial charge on any atom is 0.322 e. The number of benzene rings is 2. The zero-order chi connectivity index (χ0) is 13.1. The molecule has 0 aliphatic heterocycles. The number of aromatic nitrogens is 2. The van der Waals surface area contributed by atoms with Gasteiger partial charge in [0.2, 0.25) is 0 Å². The second-order valence-electron chi connectivity index (χ2n) is 4.16. The molecule has 0 radical (unpaired) electrons. The fraction of sp³-hybridized carbons (Fsp3) is 0.0667. The van der Waals surface area contributed by atoms with Gasteiger partial charge >= 0.3 is 6.01 Å². The first-order valence-electron chi connectivity index (χ1n) is 6.04. The van der Waals surface area contributed by atoms with Crippen LogP contribution >= 0.6 is 0 Å². The molecule has 0 bridgehead atoms. The molecule has 2 N–H and O–H groups in total. The number of fused-ring (bicyclic) bond motifs is 1. The van der Waals surface area contributed by atoms with E-state index in [2.05, 4.69) is 9.97 Å². The summed E-state index contributed by atoms with van der Waals surface area (Å²) in [4.78, 5) is 8.54. The lowest BCUT2D eigenvalue weighted by atomic mass is 10.2. The molecule has 0 aliphatic rings. The van der Waals surface area contributed by atoms with Gasteiger partial charge in [-0.2, -0.15) is 4.98 Å². The number of nitrogens with zero attached hydrogens (tertiary/aromatic N) is 2. The third kappa shape index (κ3) is 2.53. The zero-order valence-electron chi connectivity index (χ0n) is 10.3. The Labute approximate surface area is 110 Å². The average molecular weight is 251 g/mol. The van der Waals surface area contributed by atoms with E-state index in [1.807, 2.05) is 48.5 Å². The van der Waals surface area contributed by atoms with Crippen molar-refractivity contribution in [2.45, 2.75) is 6.54 Å². The third-order valence-corrected chi connectivity index (χ3v) is 2.84. The van der Waals surface area contributed by atoms with Crippen molar-refractivity contribution in [3.63, 3.8) is 0 Å². The summed E-state index contributed by atoms with van der Waals surface area (Å²) in [7, 11) is 0. The Balaban J connectivity index is 1.87. The van der Waals surface area contributed by atoms with Crippen LogP contribution in [0.3, 0.4) is 0 Å². The quantitative estimate of drug-likeness (QED) is 0.777. The van der Waals surface area contributed by atoms with E-state index in [1.54, 1.807) is 6.20 Å². The molecule has 0 saturated carbocycles. The fourth-order valence-electron chi connectivity index (χ4n) is 1.80. The van der Waals surface area contributed by atoms with Gasteiger partial charge in [0.25, 0.3) is 0 Å². The summed E-state index contributed by atoms with van der Waals surface area (Å²) >= 11 is 0. The maximum absolute atomic E-state index is 5.62. The number of ether oxygens (including phenoxy) is 1. The second kappa shape index (κ2) is 5.04. The summed E-state index contributed by atoms with van der Waals surface area (Å²) in [6.07, 6.45) is 1.76. The largest absolute Gasteiger partial charge is 0.424 e. The van der Waals surface area contributed by atoms with E-state index in [0.717, 1.165) is 16.5 Å². The van der Waals surface area contributed by atoms with Crippen molar-refractivity contribution in [1.29, 1.82) is 0 Å². The van der Waals surface area contributed by atoms with Crippen LogP contribution in [-0.2, 0) is 6.54 Å². The smallest absolute Gasteiger partial charge is 0.322 e. The van der Waals surface area contributed by atoms with Crippen LogP contribution in [0.15, 0.2) is 54.7 Å². The molecule has 0 fully saturated rings. The molecule has 0 spiro atoms. The summed E-state index contributed by atoms with van der Waals surface area (Å²) in [5.74, 6) is 0.701. The first-order chi connectivity index (χ1) is 9.35. The van der Waals surface area contributed by atoms with E-state index in [1.165, 1.54) is 0 Å². The second-order valence-corrected chi connectivity index (χ2v) is 4.16. The molecule has 19 heavy (non-hydrogen) atoms. The summed E-state index contributed by atoms with van der Waals surface area (Å²) in [6, 6.07) is 15.7. The third-order valence-electron chi connectivity index (χ3n) is 2.84. The van der Waals surface area contributed by atoms with Gasteiger partial charge in [-0.05, 0) is 23.8 Å². The van der Waals surface area contributed by atoms with Gasteiger partial charge in [0.1, 0.15) is 5.75 Å². The molecule has 94 valence electrons. The minimum atomic E-state index is 0.346. The van der Waals surface area contributed by atoms with Gasteiger partial charge in [-0.3, -0.25) is 0 Å². The SMILES string of the molecule is NCc1ccc(Oc2ncc3ccccc3n2)cc1. The van der Waals surface area contributed by atoms with Gasteiger partial charge in [-0.1, -0.05) is 30.3 Å². The molecule has 0 saturated heterocycles. The Morgan fingerprint density at radius 1 is 1.00 bits per heavy atom. The maximum atomic E-state index is 5.62. The lowest BCUT2D eigenvalue weighted by Crippen LogP contribution is -1.96. The van der Waals surface area contributed by atoms with Crippen LogP contribution in [0.25, 0.3) is 10.9 Å². The Bertz CT molecular complexity index is 695.